The normalized spacial score (nSPS) is 18.7. The molecule has 0 saturated heterocycles. The lowest BCUT2D eigenvalue weighted by Crippen LogP contribution is -2.39. The largest absolute Gasteiger partial charge is 0.354 e. The van der Waals surface area contributed by atoms with Crippen molar-refractivity contribution in [3.63, 3.8) is 0 Å². The average Bonchev–Trinajstić information content (AvgIpc) is 2.08. The molecular formula is C12H24N2O. The van der Waals surface area contributed by atoms with E-state index in [9.17, 15) is 4.79 Å². The minimum absolute atomic E-state index is 0.149. The maximum Gasteiger partial charge on any atom is 0.221 e. The molecule has 0 bridgehead atoms. The molecule has 1 aliphatic carbocycles. The predicted octanol–water partition coefficient (Wildman–Crippen LogP) is 1.68. The highest BCUT2D eigenvalue weighted by molar-refractivity contribution is 5.76. The second-order valence-corrected chi connectivity index (χ2v) is 5.31. The molecule has 1 aliphatic rings. The lowest BCUT2D eigenvalue weighted by molar-refractivity contribution is -0.121. The summed E-state index contributed by atoms with van der Waals surface area (Å²) in [5.41, 5.74) is 0.508. The van der Waals surface area contributed by atoms with E-state index in [4.69, 9.17) is 0 Å². The third-order valence-corrected chi connectivity index (χ3v) is 3.09. The Bertz CT molecular complexity index is 210. The average molecular weight is 212 g/mol. The summed E-state index contributed by atoms with van der Waals surface area (Å²) in [6.45, 7) is 8.15. The van der Waals surface area contributed by atoms with Crippen molar-refractivity contribution in [3.8, 4) is 0 Å². The molecule has 0 unspecified atom stereocenters. The fraction of sp³-hybridized carbons (Fsp3) is 0.917. The van der Waals surface area contributed by atoms with E-state index in [2.05, 4.69) is 17.6 Å². The summed E-state index contributed by atoms with van der Waals surface area (Å²) in [4.78, 5) is 11.3. The second kappa shape index (κ2) is 5.50. The van der Waals surface area contributed by atoms with Crippen LogP contribution in [0.3, 0.4) is 0 Å². The number of hydrogen-bond acceptors (Lipinski definition) is 2. The van der Waals surface area contributed by atoms with Crippen molar-refractivity contribution in [3.05, 3.63) is 0 Å². The van der Waals surface area contributed by atoms with E-state index in [-0.39, 0.29) is 11.9 Å². The molecule has 1 saturated carbocycles. The van der Waals surface area contributed by atoms with Gasteiger partial charge in [0, 0.05) is 25.6 Å². The lowest BCUT2D eigenvalue weighted by Gasteiger charge is -2.38. The van der Waals surface area contributed by atoms with Crippen molar-refractivity contribution in [2.24, 2.45) is 5.41 Å². The zero-order valence-electron chi connectivity index (χ0n) is 10.2. The molecule has 0 radical (unpaired) electrons. The number of hydrogen-bond donors (Lipinski definition) is 2. The second-order valence-electron chi connectivity index (χ2n) is 5.31. The van der Waals surface area contributed by atoms with Crippen molar-refractivity contribution in [2.45, 2.75) is 52.5 Å². The zero-order chi connectivity index (χ0) is 11.3. The van der Waals surface area contributed by atoms with Crippen LogP contribution in [0.2, 0.25) is 0 Å². The van der Waals surface area contributed by atoms with E-state index in [0.29, 0.717) is 11.8 Å². The Morgan fingerprint density at radius 3 is 2.53 bits per heavy atom. The summed E-state index contributed by atoms with van der Waals surface area (Å²) in [5, 5.41) is 6.26. The maximum absolute atomic E-state index is 11.3. The molecule has 3 heteroatoms. The van der Waals surface area contributed by atoms with Crippen molar-refractivity contribution < 1.29 is 4.79 Å². The molecule has 0 aliphatic heterocycles. The molecule has 1 amide bonds. The number of carbonyl (C=O) groups excluding carboxylic acids is 1. The highest BCUT2D eigenvalue weighted by Crippen LogP contribution is 2.39. The number of amides is 1. The minimum atomic E-state index is 0.149. The van der Waals surface area contributed by atoms with Crippen LogP contribution in [0.5, 0.6) is 0 Å². The van der Waals surface area contributed by atoms with Gasteiger partial charge in [-0.3, -0.25) is 4.79 Å². The zero-order valence-corrected chi connectivity index (χ0v) is 10.2. The molecule has 0 aromatic carbocycles. The fourth-order valence-corrected chi connectivity index (χ4v) is 1.94. The van der Waals surface area contributed by atoms with Gasteiger partial charge in [0.15, 0.2) is 0 Å². The highest BCUT2D eigenvalue weighted by Gasteiger charge is 2.30. The summed E-state index contributed by atoms with van der Waals surface area (Å²) in [5.74, 6) is 0.149. The third kappa shape index (κ3) is 4.65. The SMILES string of the molecule is CC(C)NC(=O)CCNCC1(C)CCC1. The maximum atomic E-state index is 11.3. The highest BCUT2D eigenvalue weighted by atomic mass is 16.1. The van der Waals surface area contributed by atoms with Gasteiger partial charge in [0.25, 0.3) is 0 Å². The summed E-state index contributed by atoms with van der Waals surface area (Å²) < 4.78 is 0. The van der Waals surface area contributed by atoms with Crippen LogP contribution in [0.1, 0.15) is 46.5 Å². The molecule has 2 N–H and O–H groups in total. The predicted molar refractivity (Wildman–Crippen MR) is 62.7 cm³/mol. The van der Waals surface area contributed by atoms with Gasteiger partial charge >= 0.3 is 0 Å². The van der Waals surface area contributed by atoms with E-state index in [1.54, 1.807) is 0 Å². The summed E-state index contributed by atoms with van der Waals surface area (Å²) in [6, 6.07) is 0.252. The standard InChI is InChI=1S/C12H24N2O/c1-10(2)14-11(15)5-8-13-9-12(3)6-4-7-12/h10,13H,4-9H2,1-3H3,(H,14,15). The van der Waals surface area contributed by atoms with Crippen LogP contribution in [-0.4, -0.2) is 25.0 Å². The van der Waals surface area contributed by atoms with E-state index in [1.165, 1.54) is 19.3 Å². The number of nitrogens with one attached hydrogen (secondary N) is 2. The first-order valence-electron chi connectivity index (χ1n) is 6.02. The molecule has 88 valence electrons. The number of rotatable bonds is 6. The molecule has 1 rings (SSSR count). The molecular weight excluding hydrogens is 188 g/mol. The molecule has 0 aromatic rings. The van der Waals surface area contributed by atoms with Gasteiger partial charge in [-0.25, -0.2) is 0 Å². The van der Waals surface area contributed by atoms with Crippen LogP contribution in [-0.2, 0) is 4.79 Å². The topological polar surface area (TPSA) is 41.1 Å². The first kappa shape index (κ1) is 12.5. The van der Waals surface area contributed by atoms with Crippen LogP contribution >= 0.6 is 0 Å². The minimum Gasteiger partial charge on any atom is -0.354 e. The first-order valence-corrected chi connectivity index (χ1v) is 6.02. The van der Waals surface area contributed by atoms with E-state index < -0.39 is 0 Å². The van der Waals surface area contributed by atoms with E-state index >= 15 is 0 Å². The van der Waals surface area contributed by atoms with Crippen LogP contribution in [0, 0.1) is 5.41 Å². The van der Waals surface area contributed by atoms with Gasteiger partial charge in [-0.05, 0) is 32.1 Å². The van der Waals surface area contributed by atoms with Crippen LogP contribution in [0.25, 0.3) is 0 Å². The molecule has 0 spiro atoms. The Morgan fingerprint density at radius 1 is 1.40 bits per heavy atom. The summed E-state index contributed by atoms with van der Waals surface area (Å²) >= 11 is 0. The Labute approximate surface area is 93.0 Å². The van der Waals surface area contributed by atoms with E-state index in [1.807, 2.05) is 13.8 Å². The fourth-order valence-electron chi connectivity index (χ4n) is 1.94. The van der Waals surface area contributed by atoms with Gasteiger partial charge in [-0.1, -0.05) is 13.3 Å². The van der Waals surface area contributed by atoms with Gasteiger partial charge in [-0.2, -0.15) is 0 Å². The molecule has 1 fully saturated rings. The van der Waals surface area contributed by atoms with Gasteiger partial charge in [0.1, 0.15) is 0 Å². The van der Waals surface area contributed by atoms with E-state index in [0.717, 1.165) is 13.1 Å². The monoisotopic (exact) mass is 212 g/mol. The quantitative estimate of drug-likeness (QED) is 0.658. The van der Waals surface area contributed by atoms with Crippen molar-refractivity contribution in [1.29, 1.82) is 0 Å². The van der Waals surface area contributed by atoms with Gasteiger partial charge in [-0.15, -0.1) is 0 Å². The van der Waals surface area contributed by atoms with Gasteiger partial charge in [0.2, 0.25) is 5.91 Å². The summed E-state index contributed by atoms with van der Waals surface area (Å²) in [7, 11) is 0. The first-order chi connectivity index (χ1) is 7.02. The molecule has 3 nitrogen and oxygen atoms in total. The van der Waals surface area contributed by atoms with Crippen LogP contribution < -0.4 is 10.6 Å². The Morgan fingerprint density at radius 2 is 2.07 bits per heavy atom. The van der Waals surface area contributed by atoms with Crippen LogP contribution in [0.15, 0.2) is 0 Å². The van der Waals surface area contributed by atoms with Crippen molar-refractivity contribution in [2.75, 3.05) is 13.1 Å². The molecule has 15 heavy (non-hydrogen) atoms. The van der Waals surface area contributed by atoms with Crippen molar-refractivity contribution in [1.82, 2.24) is 10.6 Å². The Balaban J connectivity index is 1.99. The van der Waals surface area contributed by atoms with Gasteiger partial charge < -0.3 is 10.6 Å². The smallest absolute Gasteiger partial charge is 0.221 e. The molecule has 0 heterocycles. The van der Waals surface area contributed by atoms with Crippen LogP contribution in [0.4, 0.5) is 0 Å². The van der Waals surface area contributed by atoms with Crippen molar-refractivity contribution >= 4 is 5.91 Å². The third-order valence-electron chi connectivity index (χ3n) is 3.09. The summed E-state index contributed by atoms with van der Waals surface area (Å²) in [6.07, 6.45) is 4.62. The number of carbonyl (C=O) groups is 1. The van der Waals surface area contributed by atoms with Gasteiger partial charge in [0.05, 0.1) is 0 Å². The molecule has 0 aromatic heterocycles. The lowest BCUT2D eigenvalue weighted by atomic mass is 9.70. The molecule has 0 atom stereocenters. The Kier molecular flexibility index (Phi) is 4.58. The Hall–Kier alpha value is -0.570.